The molecule has 60 valence electrons. The maximum Gasteiger partial charge on any atom is 0.225 e. The van der Waals surface area contributed by atoms with Crippen molar-refractivity contribution in [3.8, 4) is 0 Å². The van der Waals surface area contributed by atoms with Crippen molar-refractivity contribution in [1.82, 2.24) is 4.90 Å². The molecular weight excluding hydrogens is 142 g/mol. The predicted molar refractivity (Wildman–Crippen MR) is 39.7 cm³/mol. The van der Waals surface area contributed by atoms with Crippen LogP contribution in [0, 0.1) is 0 Å². The Morgan fingerprint density at radius 1 is 1.55 bits per heavy atom. The van der Waals surface area contributed by atoms with Gasteiger partial charge < -0.3 is 10.0 Å². The Kier molecular flexibility index (Phi) is 1.29. The average molecular weight is 153 g/mol. The minimum atomic E-state index is -0.841. The van der Waals surface area contributed by atoms with Gasteiger partial charge in [0.25, 0.3) is 0 Å². The molecule has 2 heterocycles. The second-order valence-corrected chi connectivity index (χ2v) is 3.16. The quantitative estimate of drug-likeness (QED) is 0.507. The number of carbonyl (C=O) groups excluding carboxylic acids is 1. The van der Waals surface area contributed by atoms with Crippen molar-refractivity contribution in [3.63, 3.8) is 0 Å². The van der Waals surface area contributed by atoms with Gasteiger partial charge in [0.15, 0.2) is 0 Å². The summed E-state index contributed by atoms with van der Waals surface area (Å²) in [4.78, 5) is 12.7. The van der Waals surface area contributed by atoms with Crippen LogP contribution in [-0.4, -0.2) is 28.2 Å². The number of hydrogen-bond donors (Lipinski definition) is 1. The highest BCUT2D eigenvalue weighted by atomic mass is 16.3. The molecule has 0 radical (unpaired) electrons. The Hall–Kier alpha value is -0.830. The standard InChI is InChI=1S/C8H11NO2/c10-7-3-5-8(11)4-1-2-6-9(7)8/h1-2,11H,3-6H2. The molecule has 11 heavy (non-hydrogen) atoms. The fraction of sp³-hybridized carbons (Fsp3) is 0.625. The lowest BCUT2D eigenvalue weighted by Gasteiger charge is -2.34. The van der Waals surface area contributed by atoms with Gasteiger partial charge in [-0.15, -0.1) is 0 Å². The van der Waals surface area contributed by atoms with E-state index in [1.807, 2.05) is 12.2 Å². The van der Waals surface area contributed by atoms with Crippen molar-refractivity contribution in [2.75, 3.05) is 6.54 Å². The van der Waals surface area contributed by atoms with Gasteiger partial charge in [0, 0.05) is 25.8 Å². The van der Waals surface area contributed by atoms with Crippen LogP contribution in [-0.2, 0) is 4.79 Å². The van der Waals surface area contributed by atoms with Crippen LogP contribution < -0.4 is 0 Å². The summed E-state index contributed by atoms with van der Waals surface area (Å²) in [6, 6.07) is 0. The van der Waals surface area contributed by atoms with Crippen molar-refractivity contribution >= 4 is 5.91 Å². The molecule has 0 aromatic rings. The van der Waals surface area contributed by atoms with E-state index in [-0.39, 0.29) is 5.91 Å². The molecule has 2 aliphatic heterocycles. The molecule has 0 spiro atoms. The molecule has 2 rings (SSSR count). The molecule has 3 heteroatoms. The monoisotopic (exact) mass is 153 g/mol. The Morgan fingerprint density at radius 3 is 3.09 bits per heavy atom. The molecule has 1 unspecified atom stereocenters. The van der Waals surface area contributed by atoms with Gasteiger partial charge in [-0.3, -0.25) is 4.79 Å². The van der Waals surface area contributed by atoms with Crippen molar-refractivity contribution in [3.05, 3.63) is 12.2 Å². The van der Waals surface area contributed by atoms with Crippen LogP contribution in [0.2, 0.25) is 0 Å². The maximum atomic E-state index is 11.1. The lowest BCUT2D eigenvalue weighted by atomic mass is 10.0. The Labute approximate surface area is 65.3 Å². The number of amides is 1. The molecule has 1 fully saturated rings. The number of nitrogens with zero attached hydrogens (tertiary/aromatic N) is 1. The first-order valence-electron chi connectivity index (χ1n) is 3.90. The topological polar surface area (TPSA) is 40.5 Å². The molecule has 0 saturated carbocycles. The van der Waals surface area contributed by atoms with Gasteiger partial charge in [0.2, 0.25) is 5.91 Å². The molecule has 1 amide bonds. The molecule has 0 aromatic carbocycles. The van der Waals surface area contributed by atoms with E-state index in [0.29, 0.717) is 25.8 Å². The van der Waals surface area contributed by atoms with Gasteiger partial charge in [-0.25, -0.2) is 0 Å². The lowest BCUT2D eigenvalue weighted by Crippen LogP contribution is -2.47. The Balaban J connectivity index is 2.29. The predicted octanol–water partition coefficient (Wildman–Crippen LogP) is 0.257. The number of aliphatic hydroxyl groups is 1. The first kappa shape index (κ1) is 6.85. The first-order chi connectivity index (χ1) is 5.22. The second kappa shape index (κ2) is 2.08. The second-order valence-electron chi connectivity index (χ2n) is 3.16. The van der Waals surface area contributed by atoms with E-state index in [4.69, 9.17) is 0 Å². The largest absolute Gasteiger partial charge is 0.370 e. The summed E-state index contributed by atoms with van der Waals surface area (Å²) in [7, 11) is 0. The van der Waals surface area contributed by atoms with Crippen molar-refractivity contribution in [2.45, 2.75) is 25.0 Å². The minimum Gasteiger partial charge on any atom is -0.370 e. The van der Waals surface area contributed by atoms with Gasteiger partial charge in [-0.2, -0.15) is 0 Å². The Morgan fingerprint density at radius 2 is 2.36 bits per heavy atom. The van der Waals surface area contributed by atoms with Gasteiger partial charge in [0.1, 0.15) is 5.72 Å². The first-order valence-corrected chi connectivity index (χ1v) is 3.90. The van der Waals surface area contributed by atoms with E-state index in [1.165, 1.54) is 0 Å². The van der Waals surface area contributed by atoms with Crippen LogP contribution in [0.1, 0.15) is 19.3 Å². The molecule has 0 aromatic heterocycles. The van der Waals surface area contributed by atoms with Crippen molar-refractivity contribution in [2.24, 2.45) is 0 Å². The van der Waals surface area contributed by atoms with Crippen LogP contribution in [0.3, 0.4) is 0 Å². The smallest absolute Gasteiger partial charge is 0.225 e. The van der Waals surface area contributed by atoms with E-state index >= 15 is 0 Å². The van der Waals surface area contributed by atoms with Crippen LogP contribution in [0.4, 0.5) is 0 Å². The van der Waals surface area contributed by atoms with Crippen LogP contribution in [0.25, 0.3) is 0 Å². The fourth-order valence-corrected chi connectivity index (χ4v) is 1.75. The zero-order chi connectivity index (χ0) is 7.90. The Bertz CT molecular complexity index is 224. The minimum absolute atomic E-state index is 0.0804. The van der Waals surface area contributed by atoms with Gasteiger partial charge in [0.05, 0.1) is 0 Å². The molecule has 1 saturated heterocycles. The highest BCUT2D eigenvalue weighted by molar-refractivity contribution is 5.79. The van der Waals surface area contributed by atoms with Gasteiger partial charge in [-0.05, 0) is 0 Å². The molecule has 0 bridgehead atoms. The zero-order valence-corrected chi connectivity index (χ0v) is 6.29. The molecular formula is C8H11NO2. The molecule has 1 N–H and O–H groups in total. The van der Waals surface area contributed by atoms with Gasteiger partial charge in [-0.1, -0.05) is 12.2 Å². The highest BCUT2D eigenvalue weighted by Gasteiger charge is 2.43. The third-order valence-electron chi connectivity index (χ3n) is 2.44. The maximum absolute atomic E-state index is 11.1. The van der Waals surface area contributed by atoms with E-state index in [1.54, 1.807) is 4.90 Å². The summed E-state index contributed by atoms with van der Waals surface area (Å²) >= 11 is 0. The van der Waals surface area contributed by atoms with Crippen molar-refractivity contribution < 1.29 is 9.90 Å². The number of rotatable bonds is 0. The summed E-state index contributed by atoms with van der Waals surface area (Å²) in [6.45, 7) is 0.579. The number of carbonyl (C=O) groups is 1. The summed E-state index contributed by atoms with van der Waals surface area (Å²) in [6.07, 6.45) is 5.56. The van der Waals surface area contributed by atoms with Crippen LogP contribution >= 0.6 is 0 Å². The van der Waals surface area contributed by atoms with E-state index in [0.717, 1.165) is 0 Å². The summed E-state index contributed by atoms with van der Waals surface area (Å²) in [5.41, 5.74) is -0.841. The van der Waals surface area contributed by atoms with Crippen LogP contribution in [0.5, 0.6) is 0 Å². The van der Waals surface area contributed by atoms with Crippen LogP contribution in [0.15, 0.2) is 12.2 Å². The van der Waals surface area contributed by atoms with E-state index < -0.39 is 5.72 Å². The van der Waals surface area contributed by atoms with Gasteiger partial charge >= 0.3 is 0 Å². The number of hydrogen-bond acceptors (Lipinski definition) is 2. The number of fused-ring (bicyclic) bond motifs is 1. The van der Waals surface area contributed by atoms with Crippen molar-refractivity contribution in [1.29, 1.82) is 0 Å². The third kappa shape index (κ3) is 0.878. The molecule has 1 atom stereocenters. The third-order valence-corrected chi connectivity index (χ3v) is 2.44. The lowest BCUT2D eigenvalue weighted by molar-refractivity contribution is -0.144. The fourth-order valence-electron chi connectivity index (χ4n) is 1.75. The van der Waals surface area contributed by atoms with E-state index in [2.05, 4.69) is 0 Å². The molecule has 3 nitrogen and oxygen atoms in total. The summed E-state index contributed by atoms with van der Waals surface area (Å²) in [5, 5.41) is 9.84. The molecule has 0 aliphatic carbocycles. The summed E-state index contributed by atoms with van der Waals surface area (Å²) in [5.74, 6) is 0.0804. The average Bonchev–Trinajstić information content (AvgIpc) is 2.29. The zero-order valence-electron chi connectivity index (χ0n) is 6.29. The highest BCUT2D eigenvalue weighted by Crippen LogP contribution is 2.32. The SMILES string of the molecule is O=C1CCC2(O)CC=CCN12. The van der Waals surface area contributed by atoms with E-state index in [9.17, 15) is 9.90 Å². The normalized spacial score (nSPS) is 36.1. The summed E-state index contributed by atoms with van der Waals surface area (Å²) < 4.78 is 0. The molecule has 2 aliphatic rings.